The van der Waals surface area contributed by atoms with Crippen molar-refractivity contribution in [2.24, 2.45) is 0 Å². The fourth-order valence-electron chi connectivity index (χ4n) is 2.15. The Bertz CT molecular complexity index is 686. The van der Waals surface area contributed by atoms with E-state index in [0.717, 1.165) is 41.9 Å². The first-order valence-electron chi connectivity index (χ1n) is 6.95. The van der Waals surface area contributed by atoms with Crippen molar-refractivity contribution >= 4 is 11.0 Å². The monoisotopic (exact) mass is 265 g/mol. The molecule has 3 rings (SSSR count). The van der Waals surface area contributed by atoms with Crippen LogP contribution in [0, 0.1) is 6.07 Å². The molecule has 1 heterocycles. The van der Waals surface area contributed by atoms with Gasteiger partial charge in [0.25, 0.3) is 0 Å². The first-order chi connectivity index (χ1) is 9.88. The predicted molar refractivity (Wildman–Crippen MR) is 80.3 cm³/mol. The predicted octanol–water partition coefficient (Wildman–Crippen LogP) is 4.00. The molecular formula is C17H17N2O. The van der Waals surface area contributed by atoms with Crippen molar-refractivity contribution in [1.29, 1.82) is 0 Å². The molecule has 20 heavy (non-hydrogen) atoms. The molecule has 0 saturated heterocycles. The summed E-state index contributed by atoms with van der Waals surface area (Å²) in [5.41, 5.74) is 3.13. The number of benzene rings is 2. The highest BCUT2D eigenvalue weighted by atomic mass is 16.5. The van der Waals surface area contributed by atoms with Crippen LogP contribution in [0.1, 0.15) is 19.8 Å². The van der Waals surface area contributed by atoms with Gasteiger partial charge in [-0.1, -0.05) is 19.4 Å². The van der Waals surface area contributed by atoms with Gasteiger partial charge in [0, 0.05) is 5.69 Å². The van der Waals surface area contributed by atoms with E-state index in [9.17, 15) is 0 Å². The molecule has 0 aliphatic carbocycles. The second kappa shape index (κ2) is 5.78. The number of hydrogen-bond acceptors (Lipinski definition) is 2. The number of rotatable bonds is 5. The molecule has 3 heteroatoms. The maximum Gasteiger partial charge on any atom is 0.119 e. The van der Waals surface area contributed by atoms with Crippen LogP contribution in [0.2, 0.25) is 0 Å². The summed E-state index contributed by atoms with van der Waals surface area (Å²) < 4.78 is 7.74. The summed E-state index contributed by atoms with van der Waals surface area (Å²) in [6.45, 7) is 2.94. The summed E-state index contributed by atoms with van der Waals surface area (Å²) in [4.78, 5) is 4.38. The van der Waals surface area contributed by atoms with Gasteiger partial charge in [0.15, 0.2) is 0 Å². The summed E-state index contributed by atoms with van der Waals surface area (Å²) >= 11 is 0. The molecule has 0 amide bonds. The molecular weight excluding hydrogens is 248 g/mol. The summed E-state index contributed by atoms with van der Waals surface area (Å²) in [5, 5.41) is 0. The van der Waals surface area contributed by atoms with E-state index >= 15 is 0 Å². The third-order valence-electron chi connectivity index (χ3n) is 3.27. The Morgan fingerprint density at radius 1 is 1.20 bits per heavy atom. The first kappa shape index (κ1) is 12.7. The van der Waals surface area contributed by atoms with Crippen molar-refractivity contribution in [2.75, 3.05) is 6.61 Å². The van der Waals surface area contributed by atoms with Crippen molar-refractivity contribution in [2.45, 2.75) is 19.8 Å². The van der Waals surface area contributed by atoms with Crippen LogP contribution < -0.4 is 4.74 Å². The summed E-state index contributed by atoms with van der Waals surface area (Å²) in [6.07, 6.45) is 4.08. The van der Waals surface area contributed by atoms with Gasteiger partial charge in [0.05, 0.1) is 17.6 Å². The average Bonchev–Trinajstić information content (AvgIpc) is 2.92. The summed E-state index contributed by atoms with van der Waals surface area (Å²) in [6, 6.07) is 17.0. The van der Waals surface area contributed by atoms with Crippen molar-refractivity contribution in [3.05, 3.63) is 54.9 Å². The van der Waals surface area contributed by atoms with Gasteiger partial charge in [0.1, 0.15) is 12.1 Å². The van der Waals surface area contributed by atoms with E-state index in [4.69, 9.17) is 4.74 Å². The zero-order valence-electron chi connectivity index (χ0n) is 11.5. The molecule has 0 atom stereocenters. The Morgan fingerprint density at radius 3 is 2.85 bits per heavy atom. The minimum atomic E-state index is 0.777. The van der Waals surface area contributed by atoms with Crippen LogP contribution in [-0.2, 0) is 0 Å². The van der Waals surface area contributed by atoms with Crippen molar-refractivity contribution in [3.8, 4) is 11.4 Å². The molecule has 0 aliphatic heterocycles. The number of hydrogen-bond donors (Lipinski definition) is 0. The molecule has 3 aromatic rings. The largest absolute Gasteiger partial charge is 0.494 e. The fraction of sp³-hybridized carbons (Fsp3) is 0.235. The van der Waals surface area contributed by atoms with Crippen LogP contribution in [0.4, 0.5) is 0 Å². The van der Waals surface area contributed by atoms with Crippen LogP contribution in [0.15, 0.2) is 48.8 Å². The molecule has 0 N–H and O–H groups in total. The lowest BCUT2D eigenvalue weighted by Gasteiger charge is -2.07. The quantitative estimate of drug-likeness (QED) is 0.652. The van der Waals surface area contributed by atoms with Crippen LogP contribution in [0.25, 0.3) is 16.7 Å². The van der Waals surface area contributed by atoms with E-state index < -0.39 is 0 Å². The Kier molecular flexibility index (Phi) is 3.68. The molecule has 1 aromatic heterocycles. The second-order valence-electron chi connectivity index (χ2n) is 4.73. The van der Waals surface area contributed by atoms with Gasteiger partial charge in [-0.25, -0.2) is 4.98 Å². The lowest BCUT2D eigenvalue weighted by atomic mass is 10.2. The highest BCUT2D eigenvalue weighted by Crippen LogP contribution is 2.20. The van der Waals surface area contributed by atoms with Crippen molar-refractivity contribution in [1.82, 2.24) is 9.55 Å². The molecule has 101 valence electrons. The molecule has 0 unspecified atom stereocenters. The fourth-order valence-corrected chi connectivity index (χ4v) is 2.15. The molecule has 0 aliphatic rings. The topological polar surface area (TPSA) is 27.1 Å². The van der Waals surface area contributed by atoms with E-state index in [1.807, 2.05) is 36.7 Å². The third-order valence-corrected chi connectivity index (χ3v) is 3.27. The van der Waals surface area contributed by atoms with E-state index in [1.165, 1.54) is 0 Å². The van der Waals surface area contributed by atoms with E-state index in [1.54, 1.807) is 0 Å². The number of imidazole rings is 1. The van der Waals surface area contributed by atoms with Crippen LogP contribution in [0.5, 0.6) is 5.75 Å². The van der Waals surface area contributed by atoms with Gasteiger partial charge in [-0.05, 0) is 48.9 Å². The lowest BCUT2D eigenvalue weighted by molar-refractivity contribution is 0.309. The molecule has 0 spiro atoms. The van der Waals surface area contributed by atoms with E-state index in [0.29, 0.717) is 0 Å². The number of unbranched alkanes of at least 4 members (excludes halogenated alkanes) is 1. The number of fused-ring (bicyclic) bond motifs is 1. The maximum absolute atomic E-state index is 5.68. The average molecular weight is 265 g/mol. The Labute approximate surface area is 118 Å². The number of nitrogens with zero attached hydrogens (tertiary/aromatic N) is 2. The molecule has 3 nitrogen and oxygen atoms in total. The minimum Gasteiger partial charge on any atom is -0.494 e. The maximum atomic E-state index is 5.68. The van der Waals surface area contributed by atoms with Crippen molar-refractivity contribution < 1.29 is 4.74 Å². The molecule has 2 aromatic carbocycles. The first-order valence-corrected chi connectivity index (χ1v) is 6.95. The SMILES string of the molecule is CCCCOc1ccc(-n2cnc3c[c]ccc32)cc1. The van der Waals surface area contributed by atoms with Crippen LogP contribution >= 0.6 is 0 Å². The van der Waals surface area contributed by atoms with Gasteiger partial charge < -0.3 is 4.74 Å². The normalized spacial score (nSPS) is 10.8. The van der Waals surface area contributed by atoms with Gasteiger partial charge in [-0.3, -0.25) is 4.57 Å². The Morgan fingerprint density at radius 2 is 2.05 bits per heavy atom. The van der Waals surface area contributed by atoms with Crippen LogP contribution in [-0.4, -0.2) is 16.2 Å². The van der Waals surface area contributed by atoms with Gasteiger partial charge >= 0.3 is 0 Å². The molecule has 0 bridgehead atoms. The Hall–Kier alpha value is -2.29. The standard InChI is InChI=1S/C17H17N2O/c1-2-3-12-20-15-10-8-14(9-11-15)19-13-18-16-6-4-5-7-17(16)19/h5-11,13H,2-3,12H2,1H3. The van der Waals surface area contributed by atoms with Crippen molar-refractivity contribution in [3.63, 3.8) is 0 Å². The third kappa shape index (κ3) is 2.52. The molecule has 0 fully saturated rings. The van der Waals surface area contributed by atoms with E-state index in [-0.39, 0.29) is 0 Å². The molecule has 0 saturated carbocycles. The summed E-state index contributed by atoms with van der Waals surface area (Å²) in [5.74, 6) is 0.917. The highest BCUT2D eigenvalue weighted by Gasteiger charge is 2.03. The van der Waals surface area contributed by atoms with E-state index in [2.05, 4.69) is 34.7 Å². The Balaban J connectivity index is 1.84. The van der Waals surface area contributed by atoms with Gasteiger partial charge in [0.2, 0.25) is 0 Å². The van der Waals surface area contributed by atoms with Gasteiger partial charge in [-0.15, -0.1) is 0 Å². The highest BCUT2D eigenvalue weighted by molar-refractivity contribution is 5.77. The number of ether oxygens (including phenoxy) is 1. The zero-order chi connectivity index (χ0) is 13.8. The zero-order valence-corrected chi connectivity index (χ0v) is 11.5. The second-order valence-corrected chi connectivity index (χ2v) is 4.73. The number of aromatic nitrogens is 2. The lowest BCUT2D eigenvalue weighted by Crippen LogP contribution is -1.97. The molecule has 1 radical (unpaired) electrons. The smallest absolute Gasteiger partial charge is 0.119 e. The minimum absolute atomic E-state index is 0.777. The van der Waals surface area contributed by atoms with Gasteiger partial charge in [-0.2, -0.15) is 0 Å². The summed E-state index contributed by atoms with van der Waals surface area (Å²) in [7, 11) is 0. The van der Waals surface area contributed by atoms with Crippen LogP contribution in [0.3, 0.4) is 0 Å².